The van der Waals surface area contributed by atoms with Gasteiger partial charge >= 0.3 is 0 Å². The van der Waals surface area contributed by atoms with E-state index in [0.29, 0.717) is 9.75 Å². The molecule has 0 unspecified atom stereocenters. The normalized spacial score (nSPS) is 10.3. The summed E-state index contributed by atoms with van der Waals surface area (Å²) in [6.07, 6.45) is 0. The maximum absolute atomic E-state index is 11.9. The van der Waals surface area contributed by atoms with Gasteiger partial charge in [-0.1, -0.05) is 0 Å². The van der Waals surface area contributed by atoms with Gasteiger partial charge in [-0.25, -0.2) is 0 Å². The van der Waals surface area contributed by atoms with Crippen LogP contribution in [0.5, 0.6) is 0 Å². The first-order chi connectivity index (χ1) is 9.01. The number of amides is 2. The predicted octanol–water partition coefficient (Wildman–Crippen LogP) is -0.123. The van der Waals surface area contributed by atoms with E-state index in [9.17, 15) is 9.59 Å². The van der Waals surface area contributed by atoms with Gasteiger partial charge in [0, 0.05) is 27.2 Å². The van der Waals surface area contributed by atoms with E-state index in [1.165, 1.54) is 9.80 Å². The second-order valence-corrected chi connectivity index (χ2v) is 5.15. The molecule has 1 heterocycles. The average molecular weight is 286 g/mol. The van der Waals surface area contributed by atoms with Gasteiger partial charge < -0.3 is 20.0 Å². The Hall–Kier alpha value is -1.44. The van der Waals surface area contributed by atoms with Crippen LogP contribution in [0.2, 0.25) is 0 Å². The average Bonchev–Trinajstić information content (AvgIpc) is 2.87. The van der Waals surface area contributed by atoms with Crippen LogP contribution in [0.1, 0.15) is 19.3 Å². The van der Waals surface area contributed by atoms with Gasteiger partial charge in [-0.3, -0.25) is 9.59 Å². The molecule has 106 valence electrons. The fraction of sp³-hybridized carbons (Fsp3) is 0.500. The van der Waals surface area contributed by atoms with Crippen LogP contribution in [0.4, 0.5) is 0 Å². The van der Waals surface area contributed by atoms with Crippen molar-refractivity contribution in [3.63, 3.8) is 0 Å². The SMILES string of the molecule is CN(CCO)C(=O)c1ccc(C(=O)N(C)CCO)s1. The molecule has 2 amide bonds. The summed E-state index contributed by atoms with van der Waals surface area (Å²) in [6.45, 7) is 0.312. The van der Waals surface area contributed by atoms with E-state index in [4.69, 9.17) is 10.2 Å². The first-order valence-electron chi connectivity index (χ1n) is 5.83. The molecule has 0 radical (unpaired) electrons. The third-order valence-electron chi connectivity index (χ3n) is 2.59. The highest BCUT2D eigenvalue weighted by molar-refractivity contribution is 7.15. The number of aliphatic hydroxyl groups excluding tert-OH is 2. The van der Waals surface area contributed by atoms with Crippen LogP contribution in [0, 0.1) is 0 Å². The Morgan fingerprint density at radius 2 is 1.37 bits per heavy atom. The molecular formula is C12H18N2O4S. The van der Waals surface area contributed by atoms with Crippen LogP contribution < -0.4 is 0 Å². The van der Waals surface area contributed by atoms with Crippen molar-refractivity contribution >= 4 is 23.2 Å². The number of hydrogen-bond acceptors (Lipinski definition) is 5. The molecule has 0 saturated carbocycles. The second kappa shape index (κ2) is 7.22. The summed E-state index contributed by atoms with van der Waals surface area (Å²) in [7, 11) is 3.19. The molecule has 7 heteroatoms. The van der Waals surface area contributed by atoms with Gasteiger partial charge in [-0.05, 0) is 12.1 Å². The number of nitrogens with zero attached hydrogens (tertiary/aromatic N) is 2. The second-order valence-electron chi connectivity index (χ2n) is 4.06. The lowest BCUT2D eigenvalue weighted by atomic mass is 10.3. The Kier molecular flexibility index (Phi) is 5.94. The highest BCUT2D eigenvalue weighted by atomic mass is 32.1. The minimum Gasteiger partial charge on any atom is -0.395 e. The summed E-state index contributed by atoms with van der Waals surface area (Å²) in [5, 5.41) is 17.6. The van der Waals surface area contributed by atoms with Crippen molar-refractivity contribution < 1.29 is 19.8 Å². The highest BCUT2D eigenvalue weighted by Crippen LogP contribution is 2.19. The maximum atomic E-state index is 11.9. The largest absolute Gasteiger partial charge is 0.395 e. The monoisotopic (exact) mass is 286 g/mol. The number of likely N-dealkylation sites (N-methyl/N-ethyl adjacent to an activating group) is 2. The van der Waals surface area contributed by atoms with Crippen LogP contribution >= 0.6 is 11.3 Å². The van der Waals surface area contributed by atoms with Crippen molar-refractivity contribution in [1.82, 2.24) is 9.80 Å². The van der Waals surface area contributed by atoms with Gasteiger partial charge in [0.2, 0.25) is 0 Å². The van der Waals surface area contributed by atoms with Crippen molar-refractivity contribution in [1.29, 1.82) is 0 Å². The van der Waals surface area contributed by atoms with Crippen LogP contribution in [0.15, 0.2) is 12.1 Å². The van der Waals surface area contributed by atoms with Crippen molar-refractivity contribution in [2.75, 3.05) is 40.4 Å². The summed E-state index contributed by atoms with van der Waals surface area (Å²) in [5.41, 5.74) is 0. The van der Waals surface area contributed by atoms with Gasteiger partial charge in [-0.15, -0.1) is 11.3 Å². The van der Waals surface area contributed by atoms with Gasteiger partial charge in [0.1, 0.15) is 0 Å². The molecule has 1 aromatic rings. The van der Waals surface area contributed by atoms with E-state index in [2.05, 4.69) is 0 Å². The number of thiophene rings is 1. The number of rotatable bonds is 6. The Balaban J connectivity index is 2.76. The van der Waals surface area contributed by atoms with Crippen LogP contribution in [0.3, 0.4) is 0 Å². The smallest absolute Gasteiger partial charge is 0.263 e. The number of hydrogen-bond donors (Lipinski definition) is 2. The summed E-state index contributed by atoms with van der Waals surface area (Å²) >= 11 is 1.11. The lowest BCUT2D eigenvalue weighted by molar-refractivity contribution is 0.0767. The third kappa shape index (κ3) is 4.02. The number of carbonyl (C=O) groups is 2. The lowest BCUT2D eigenvalue weighted by Crippen LogP contribution is -2.29. The molecule has 0 aliphatic rings. The zero-order valence-corrected chi connectivity index (χ0v) is 11.8. The molecule has 0 saturated heterocycles. The molecule has 0 aliphatic heterocycles. The van der Waals surface area contributed by atoms with Crippen molar-refractivity contribution in [3.05, 3.63) is 21.9 Å². The summed E-state index contributed by atoms with van der Waals surface area (Å²) in [6, 6.07) is 3.20. The zero-order chi connectivity index (χ0) is 14.4. The molecular weight excluding hydrogens is 268 g/mol. The molecule has 6 nitrogen and oxygen atoms in total. The van der Waals surface area contributed by atoms with Crippen molar-refractivity contribution in [2.24, 2.45) is 0 Å². The summed E-state index contributed by atoms with van der Waals surface area (Å²) < 4.78 is 0. The molecule has 0 bridgehead atoms. The van der Waals surface area contributed by atoms with E-state index in [-0.39, 0.29) is 38.1 Å². The summed E-state index contributed by atoms with van der Waals surface area (Å²) in [4.78, 5) is 27.6. The van der Waals surface area contributed by atoms with Crippen LogP contribution in [-0.2, 0) is 0 Å². The van der Waals surface area contributed by atoms with E-state index in [1.807, 2.05) is 0 Å². The maximum Gasteiger partial charge on any atom is 0.263 e. The molecule has 1 aromatic heterocycles. The Morgan fingerprint density at radius 1 is 1.00 bits per heavy atom. The molecule has 0 fully saturated rings. The minimum atomic E-state index is -0.220. The lowest BCUT2D eigenvalue weighted by Gasteiger charge is -2.15. The standard InChI is InChI=1S/C12H18N2O4S/c1-13(5-7-15)11(17)9-3-4-10(19-9)12(18)14(2)6-8-16/h3-4,15-16H,5-8H2,1-2H3. The van der Waals surface area contributed by atoms with E-state index < -0.39 is 0 Å². The van der Waals surface area contributed by atoms with E-state index in [1.54, 1.807) is 26.2 Å². The predicted molar refractivity (Wildman–Crippen MR) is 72.4 cm³/mol. The molecule has 0 atom stereocenters. The van der Waals surface area contributed by atoms with Crippen molar-refractivity contribution in [2.45, 2.75) is 0 Å². The Labute approximate surface area is 115 Å². The first-order valence-corrected chi connectivity index (χ1v) is 6.65. The Bertz CT molecular complexity index is 408. The third-order valence-corrected chi connectivity index (χ3v) is 3.65. The number of carbonyl (C=O) groups excluding carboxylic acids is 2. The molecule has 0 aromatic carbocycles. The molecule has 19 heavy (non-hydrogen) atoms. The number of aliphatic hydroxyl groups is 2. The quantitative estimate of drug-likeness (QED) is 0.764. The topological polar surface area (TPSA) is 81.1 Å². The fourth-order valence-corrected chi connectivity index (χ4v) is 2.44. The first kappa shape index (κ1) is 15.6. The van der Waals surface area contributed by atoms with Crippen molar-refractivity contribution in [3.8, 4) is 0 Å². The van der Waals surface area contributed by atoms with Gasteiger partial charge in [-0.2, -0.15) is 0 Å². The molecule has 0 aliphatic carbocycles. The van der Waals surface area contributed by atoms with Crippen LogP contribution in [-0.4, -0.2) is 72.2 Å². The highest BCUT2D eigenvalue weighted by Gasteiger charge is 2.18. The van der Waals surface area contributed by atoms with E-state index in [0.717, 1.165) is 11.3 Å². The van der Waals surface area contributed by atoms with Crippen LogP contribution in [0.25, 0.3) is 0 Å². The van der Waals surface area contributed by atoms with Gasteiger partial charge in [0.15, 0.2) is 0 Å². The molecule has 2 N–H and O–H groups in total. The van der Waals surface area contributed by atoms with Gasteiger partial charge in [0.25, 0.3) is 11.8 Å². The van der Waals surface area contributed by atoms with Gasteiger partial charge in [0.05, 0.1) is 23.0 Å². The Morgan fingerprint density at radius 3 is 1.68 bits per heavy atom. The molecule has 1 rings (SSSR count). The minimum absolute atomic E-state index is 0.0986. The zero-order valence-electron chi connectivity index (χ0n) is 11.0. The van der Waals surface area contributed by atoms with E-state index >= 15 is 0 Å². The fourth-order valence-electron chi connectivity index (χ4n) is 1.45. The molecule has 0 spiro atoms. The summed E-state index contributed by atoms with van der Waals surface area (Å²) in [5.74, 6) is -0.439.